The normalized spacial score (nSPS) is 22.1. The molecule has 0 aliphatic carbocycles. The van der Waals surface area contributed by atoms with Gasteiger partial charge in [-0.3, -0.25) is 0 Å². The first-order chi connectivity index (χ1) is 8.56. The van der Waals surface area contributed by atoms with E-state index < -0.39 is 5.76 Å². The third-order valence-corrected chi connectivity index (χ3v) is 2.82. The summed E-state index contributed by atoms with van der Waals surface area (Å²) in [6.45, 7) is 2.86. The Morgan fingerprint density at radius 3 is 2.72 bits per heavy atom. The van der Waals surface area contributed by atoms with Crippen molar-refractivity contribution in [3.05, 3.63) is 40.6 Å². The molecule has 0 N–H and O–H groups in total. The molecular formula is C12H11FN2O3. The van der Waals surface area contributed by atoms with E-state index in [1.807, 2.05) is 6.92 Å². The Hall–Kier alpha value is -1.95. The minimum absolute atomic E-state index is 0.184. The van der Waals surface area contributed by atoms with E-state index >= 15 is 0 Å². The Morgan fingerprint density at radius 1 is 1.44 bits per heavy atom. The van der Waals surface area contributed by atoms with E-state index in [0.717, 1.165) is 0 Å². The standard InChI is InChI=1S/C12H11FN2O3/c1-12(7-17-12)6-15-11(16)18-10(14-15)8-2-4-9(13)5-3-8/h2-5H,6-7H2,1H3. The molecule has 5 nitrogen and oxygen atoms in total. The van der Waals surface area contributed by atoms with Gasteiger partial charge in [-0.05, 0) is 31.2 Å². The number of epoxide rings is 1. The third-order valence-electron chi connectivity index (χ3n) is 2.82. The number of hydrogen-bond donors (Lipinski definition) is 0. The Kier molecular flexibility index (Phi) is 2.34. The van der Waals surface area contributed by atoms with Gasteiger partial charge in [-0.1, -0.05) is 0 Å². The molecule has 0 saturated carbocycles. The van der Waals surface area contributed by atoms with Crippen LogP contribution in [0.5, 0.6) is 0 Å². The van der Waals surface area contributed by atoms with Gasteiger partial charge < -0.3 is 9.15 Å². The van der Waals surface area contributed by atoms with E-state index in [1.165, 1.54) is 28.9 Å². The van der Waals surface area contributed by atoms with Gasteiger partial charge >= 0.3 is 5.76 Å². The lowest BCUT2D eigenvalue weighted by Gasteiger charge is -2.01. The molecule has 18 heavy (non-hydrogen) atoms. The summed E-state index contributed by atoms with van der Waals surface area (Å²) in [5.41, 5.74) is 0.245. The van der Waals surface area contributed by atoms with Crippen LogP contribution in [0, 0.1) is 5.82 Å². The summed E-state index contributed by atoms with van der Waals surface area (Å²) in [6, 6.07) is 5.61. The highest BCUT2D eigenvalue weighted by molar-refractivity contribution is 5.51. The number of hydrogen-bond acceptors (Lipinski definition) is 4. The number of benzene rings is 1. The molecule has 1 unspecified atom stereocenters. The smallest absolute Gasteiger partial charge is 0.388 e. The van der Waals surface area contributed by atoms with Gasteiger partial charge in [-0.2, -0.15) is 4.68 Å². The molecule has 1 aliphatic rings. The average Bonchev–Trinajstić information content (AvgIpc) is 2.95. The zero-order valence-corrected chi connectivity index (χ0v) is 9.72. The zero-order chi connectivity index (χ0) is 12.8. The first-order valence-electron chi connectivity index (χ1n) is 5.54. The number of nitrogens with zero attached hydrogens (tertiary/aromatic N) is 2. The Balaban J connectivity index is 1.92. The lowest BCUT2D eigenvalue weighted by atomic mass is 10.2. The van der Waals surface area contributed by atoms with Crippen molar-refractivity contribution in [1.82, 2.24) is 9.78 Å². The topological polar surface area (TPSA) is 60.6 Å². The molecular weight excluding hydrogens is 239 g/mol. The number of ether oxygens (including phenoxy) is 1. The molecule has 94 valence electrons. The predicted octanol–water partition coefficient (Wildman–Crippen LogP) is 1.43. The van der Waals surface area contributed by atoms with Gasteiger partial charge in [-0.25, -0.2) is 9.18 Å². The van der Waals surface area contributed by atoms with Crippen LogP contribution < -0.4 is 5.76 Å². The fraction of sp³-hybridized carbons (Fsp3) is 0.333. The monoisotopic (exact) mass is 250 g/mol. The number of rotatable bonds is 3. The lowest BCUT2D eigenvalue weighted by Crippen LogP contribution is -2.24. The van der Waals surface area contributed by atoms with Crippen LogP contribution in [0.2, 0.25) is 0 Å². The predicted molar refractivity (Wildman–Crippen MR) is 60.5 cm³/mol. The maximum atomic E-state index is 12.8. The van der Waals surface area contributed by atoms with Crippen LogP contribution in [0.15, 0.2) is 33.5 Å². The van der Waals surface area contributed by atoms with Crippen molar-refractivity contribution < 1.29 is 13.5 Å². The van der Waals surface area contributed by atoms with Crippen LogP contribution in [0.1, 0.15) is 6.92 Å². The van der Waals surface area contributed by atoms with Crippen LogP contribution in [-0.2, 0) is 11.3 Å². The fourth-order valence-corrected chi connectivity index (χ4v) is 1.65. The minimum atomic E-state index is -0.536. The van der Waals surface area contributed by atoms with Crippen molar-refractivity contribution in [2.24, 2.45) is 0 Å². The SMILES string of the molecule is CC1(Cn2nc(-c3ccc(F)cc3)oc2=O)CO1. The van der Waals surface area contributed by atoms with Gasteiger partial charge in [0.25, 0.3) is 0 Å². The molecule has 3 rings (SSSR count). The van der Waals surface area contributed by atoms with Crippen LogP contribution in [0.4, 0.5) is 4.39 Å². The van der Waals surface area contributed by atoms with Gasteiger partial charge in [0.2, 0.25) is 5.89 Å². The summed E-state index contributed by atoms with van der Waals surface area (Å²) in [4.78, 5) is 11.6. The molecule has 1 saturated heterocycles. The molecule has 1 fully saturated rings. The van der Waals surface area contributed by atoms with E-state index in [2.05, 4.69) is 5.10 Å². The lowest BCUT2D eigenvalue weighted by molar-refractivity contribution is 0.278. The molecule has 0 spiro atoms. The highest BCUT2D eigenvalue weighted by Gasteiger charge is 2.40. The molecule has 2 aromatic rings. The van der Waals surface area contributed by atoms with Crippen molar-refractivity contribution in [3.8, 4) is 11.5 Å². The maximum absolute atomic E-state index is 12.8. The summed E-state index contributed by atoms with van der Waals surface area (Å²) >= 11 is 0. The highest BCUT2D eigenvalue weighted by atomic mass is 19.1. The van der Waals surface area contributed by atoms with E-state index in [-0.39, 0.29) is 17.3 Å². The van der Waals surface area contributed by atoms with Crippen molar-refractivity contribution in [3.63, 3.8) is 0 Å². The van der Waals surface area contributed by atoms with Gasteiger partial charge in [0, 0.05) is 5.56 Å². The molecule has 0 bridgehead atoms. The van der Waals surface area contributed by atoms with E-state index in [9.17, 15) is 9.18 Å². The van der Waals surface area contributed by atoms with Crippen molar-refractivity contribution >= 4 is 0 Å². The summed E-state index contributed by atoms with van der Waals surface area (Å²) in [5.74, 6) is -0.699. The summed E-state index contributed by atoms with van der Waals surface area (Å²) in [5, 5.41) is 4.07. The largest absolute Gasteiger partial charge is 0.437 e. The highest BCUT2D eigenvalue weighted by Crippen LogP contribution is 2.27. The molecule has 6 heteroatoms. The first kappa shape index (κ1) is 11.2. The van der Waals surface area contributed by atoms with Gasteiger partial charge in [-0.15, -0.1) is 5.10 Å². The van der Waals surface area contributed by atoms with Gasteiger partial charge in [0.05, 0.1) is 13.2 Å². The van der Waals surface area contributed by atoms with Gasteiger partial charge in [0.1, 0.15) is 11.4 Å². The second-order valence-electron chi connectivity index (χ2n) is 4.58. The molecule has 1 aliphatic heterocycles. The second-order valence-corrected chi connectivity index (χ2v) is 4.58. The zero-order valence-electron chi connectivity index (χ0n) is 9.72. The van der Waals surface area contributed by atoms with Crippen molar-refractivity contribution in [2.75, 3.05) is 6.61 Å². The van der Waals surface area contributed by atoms with Crippen LogP contribution in [0.3, 0.4) is 0 Å². The summed E-state index contributed by atoms with van der Waals surface area (Å²) < 4.78 is 24.2. The summed E-state index contributed by atoms with van der Waals surface area (Å²) in [6.07, 6.45) is 0. The van der Waals surface area contributed by atoms with E-state index in [4.69, 9.17) is 9.15 Å². The van der Waals surface area contributed by atoms with Crippen LogP contribution >= 0.6 is 0 Å². The average molecular weight is 250 g/mol. The fourth-order valence-electron chi connectivity index (χ4n) is 1.65. The molecule has 1 aromatic carbocycles. The number of halogens is 1. The minimum Gasteiger partial charge on any atom is -0.388 e. The van der Waals surface area contributed by atoms with Crippen molar-refractivity contribution in [1.29, 1.82) is 0 Å². The van der Waals surface area contributed by atoms with Gasteiger partial charge in [0.15, 0.2) is 0 Å². The van der Waals surface area contributed by atoms with Crippen LogP contribution in [0.25, 0.3) is 11.5 Å². The Labute approximate surface area is 102 Å². The molecule has 0 amide bonds. The maximum Gasteiger partial charge on any atom is 0.437 e. The third kappa shape index (κ3) is 2.06. The molecule has 1 atom stereocenters. The second kappa shape index (κ2) is 3.78. The first-order valence-corrected chi connectivity index (χ1v) is 5.54. The Bertz CT molecular complexity index is 626. The molecule has 0 radical (unpaired) electrons. The van der Waals surface area contributed by atoms with Crippen molar-refractivity contribution in [2.45, 2.75) is 19.1 Å². The number of aromatic nitrogens is 2. The Morgan fingerprint density at radius 2 is 2.11 bits per heavy atom. The van der Waals surface area contributed by atoms with E-state index in [1.54, 1.807) is 0 Å². The molecule has 2 heterocycles. The van der Waals surface area contributed by atoms with E-state index in [0.29, 0.717) is 18.7 Å². The molecule has 1 aromatic heterocycles. The van der Waals surface area contributed by atoms with Crippen LogP contribution in [-0.4, -0.2) is 22.0 Å². The summed E-state index contributed by atoms with van der Waals surface area (Å²) in [7, 11) is 0. The quantitative estimate of drug-likeness (QED) is 0.773.